The van der Waals surface area contributed by atoms with E-state index in [0.29, 0.717) is 36.0 Å². The number of hydrogen-bond acceptors (Lipinski definition) is 6. The molecule has 4 rings (SSSR count). The second-order valence-electron chi connectivity index (χ2n) is 9.67. The number of benzene rings is 2. The number of sulfone groups is 1. The van der Waals surface area contributed by atoms with Gasteiger partial charge in [0.15, 0.2) is 15.9 Å². The summed E-state index contributed by atoms with van der Waals surface area (Å²) in [6.45, 7) is 3.73. The lowest BCUT2D eigenvalue weighted by Gasteiger charge is -2.30. The number of alkyl halides is 3. The van der Waals surface area contributed by atoms with Gasteiger partial charge in [-0.25, -0.2) is 13.4 Å². The maximum atomic E-state index is 13.0. The third-order valence-electron chi connectivity index (χ3n) is 7.12. The molecule has 0 radical (unpaired) electrons. The van der Waals surface area contributed by atoms with E-state index >= 15 is 0 Å². The minimum atomic E-state index is -4.35. The molecule has 2 heterocycles. The van der Waals surface area contributed by atoms with Gasteiger partial charge in [-0.2, -0.15) is 13.2 Å². The highest BCUT2D eigenvalue weighted by molar-refractivity contribution is 7.91. The maximum Gasteiger partial charge on any atom is 0.414 e. The van der Waals surface area contributed by atoms with Crippen LogP contribution in [0, 0.1) is 5.92 Å². The third kappa shape index (κ3) is 6.44. The zero-order chi connectivity index (χ0) is 28.4. The molecule has 1 aliphatic heterocycles. The lowest BCUT2D eigenvalue weighted by atomic mass is 9.95. The number of ether oxygens (including phenoxy) is 1. The van der Waals surface area contributed by atoms with Gasteiger partial charge >= 0.3 is 6.18 Å². The first-order valence-corrected chi connectivity index (χ1v) is 14.5. The van der Waals surface area contributed by atoms with Crippen LogP contribution in [0.5, 0.6) is 0 Å². The normalized spacial score (nSPS) is 19.2. The van der Waals surface area contributed by atoms with E-state index in [2.05, 4.69) is 10.3 Å². The highest BCUT2D eigenvalue weighted by Crippen LogP contribution is 2.33. The number of rotatable bonds is 9. The van der Waals surface area contributed by atoms with Crippen LogP contribution in [-0.4, -0.2) is 60.2 Å². The number of fused-ring (bicyclic) bond motifs is 1. The zero-order valence-electron chi connectivity index (χ0n) is 21.7. The van der Waals surface area contributed by atoms with Crippen molar-refractivity contribution in [3.63, 3.8) is 0 Å². The fraction of sp³-hybridized carbons (Fsp3) is 0.481. The molecule has 0 aliphatic carbocycles. The number of aliphatic hydroxyl groups excluding tert-OH is 1. The molecule has 0 spiro atoms. The van der Waals surface area contributed by atoms with E-state index in [9.17, 15) is 31.5 Å². The molecule has 3 atom stereocenters. The minimum absolute atomic E-state index is 0.0126. The summed E-state index contributed by atoms with van der Waals surface area (Å²) in [6.07, 6.45) is -5.30. The minimum Gasteiger partial charge on any atom is -0.394 e. The topological polar surface area (TPSA) is 111 Å². The molecular formula is C27H32F3N3O5S. The molecule has 39 heavy (non-hydrogen) atoms. The molecule has 1 aromatic heterocycles. The number of carbonyl (C=O) groups is 1. The summed E-state index contributed by atoms with van der Waals surface area (Å²) in [5.41, 5.74) is 2.27. The molecule has 3 aromatic rings. The summed E-state index contributed by atoms with van der Waals surface area (Å²) in [5, 5.41) is 12.7. The number of imidazole rings is 1. The Morgan fingerprint density at radius 1 is 1.18 bits per heavy atom. The van der Waals surface area contributed by atoms with Gasteiger partial charge in [0.05, 0.1) is 40.9 Å². The van der Waals surface area contributed by atoms with Crippen LogP contribution in [0.3, 0.4) is 0 Å². The molecular weight excluding hydrogens is 535 g/mol. The Labute approximate surface area is 225 Å². The lowest BCUT2D eigenvalue weighted by Crippen LogP contribution is -2.38. The largest absolute Gasteiger partial charge is 0.414 e. The van der Waals surface area contributed by atoms with E-state index in [1.54, 1.807) is 37.3 Å². The third-order valence-corrected chi connectivity index (χ3v) is 8.87. The number of aryl methyl sites for hydroxylation is 1. The van der Waals surface area contributed by atoms with Gasteiger partial charge in [0, 0.05) is 18.5 Å². The monoisotopic (exact) mass is 567 g/mol. The maximum absolute atomic E-state index is 13.0. The van der Waals surface area contributed by atoms with Crippen LogP contribution in [0.1, 0.15) is 54.5 Å². The molecule has 12 heteroatoms. The molecule has 1 fully saturated rings. The van der Waals surface area contributed by atoms with Crippen molar-refractivity contribution in [3.8, 4) is 0 Å². The summed E-state index contributed by atoms with van der Waals surface area (Å²) < 4.78 is 69.9. The van der Waals surface area contributed by atoms with Gasteiger partial charge in [0.25, 0.3) is 5.91 Å². The Hall–Kier alpha value is -2.96. The number of nitrogens with zero attached hydrogens (tertiary/aromatic N) is 2. The lowest BCUT2D eigenvalue weighted by molar-refractivity contribution is -0.235. The summed E-state index contributed by atoms with van der Waals surface area (Å²) in [4.78, 5) is 17.9. The smallest absolute Gasteiger partial charge is 0.394 e. The van der Waals surface area contributed by atoms with E-state index in [4.69, 9.17) is 4.74 Å². The standard InChI is InChI=1S/C27H32F3N3O5S/c1-3-33-23-11-8-19(14-21(23)31-25(33)13-17-5-12-24(38-16-17)27(28,29)30)26(35)32-22(15-34)18-6-9-20(10-7-18)39(36,37)4-2/h6-11,14,17,22,24,34H,3-5,12-13,15-16H2,1-2H3,(H,32,35)/t17-,22?,24-/m0/s1. The first-order valence-electron chi connectivity index (χ1n) is 12.9. The average molecular weight is 568 g/mol. The van der Waals surface area contributed by atoms with Gasteiger partial charge in [-0.3, -0.25) is 4.79 Å². The van der Waals surface area contributed by atoms with Crippen LogP contribution in [-0.2, 0) is 27.5 Å². The van der Waals surface area contributed by atoms with Crippen LogP contribution in [0.2, 0.25) is 0 Å². The molecule has 212 valence electrons. The van der Waals surface area contributed by atoms with Crippen molar-refractivity contribution < 1.29 is 36.2 Å². The summed E-state index contributed by atoms with van der Waals surface area (Å²) in [7, 11) is -3.37. The van der Waals surface area contributed by atoms with Gasteiger partial charge in [0.1, 0.15) is 5.82 Å². The average Bonchev–Trinajstić information content (AvgIpc) is 3.27. The molecule has 8 nitrogen and oxygen atoms in total. The van der Waals surface area contributed by atoms with Crippen molar-refractivity contribution in [3.05, 3.63) is 59.4 Å². The van der Waals surface area contributed by atoms with Crippen LogP contribution >= 0.6 is 0 Å². The quantitative estimate of drug-likeness (QED) is 0.401. The van der Waals surface area contributed by atoms with E-state index in [0.717, 1.165) is 11.3 Å². The molecule has 1 amide bonds. The number of hydrogen-bond donors (Lipinski definition) is 2. The number of aliphatic hydroxyl groups is 1. The zero-order valence-corrected chi connectivity index (χ0v) is 22.6. The Morgan fingerprint density at radius 3 is 2.46 bits per heavy atom. The fourth-order valence-electron chi connectivity index (χ4n) is 4.86. The second kappa shape index (κ2) is 11.6. The first-order chi connectivity index (χ1) is 18.5. The molecule has 1 saturated heterocycles. The van der Waals surface area contributed by atoms with Crippen LogP contribution in [0.15, 0.2) is 47.4 Å². The van der Waals surface area contributed by atoms with Crippen molar-refractivity contribution in [2.75, 3.05) is 19.0 Å². The number of halogens is 3. The van der Waals surface area contributed by atoms with Gasteiger partial charge in [0.2, 0.25) is 0 Å². The van der Waals surface area contributed by atoms with E-state index in [1.807, 2.05) is 11.5 Å². The van der Waals surface area contributed by atoms with Crippen molar-refractivity contribution in [2.24, 2.45) is 5.92 Å². The van der Waals surface area contributed by atoms with Gasteiger partial charge < -0.3 is 19.7 Å². The van der Waals surface area contributed by atoms with Crippen molar-refractivity contribution in [2.45, 2.75) is 62.9 Å². The SMILES string of the molecule is CCn1c(C[C@@H]2CC[C@@H](C(F)(F)F)OC2)nc2cc(C(=O)NC(CO)c3ccc(S(=O)(=O)CC)cc3)ccc21. The first kappa shape index (κ1) is 29.0. The molecule has 0 bridgehead atoms. The molecule has 1 unspecified atom stereocenters. The molecule has 0 saturated carbocycles. The van der Waals surface area contributed by atoms with Crippen LogP contribution in [0.4, 0.5) is 13.2 Å². The van der Waals surface area contributed by atoms with Crippen molar-refractivity contribution in [1.82, 2.24) is 14.9 Å². The van der Waals surface area contributed by atoms with Gasteiger partial charge in [-0.1, -0.05) is 19.1 Å². The van der Waals surface area contributed by atoms with E-state index in [-0.39, 0.29) is 36.2 Å². The Morgan fingerprint density at radius 2 is 1.90 bits per heavy atom. The number of nitrogens with one attached hydrogen (secondary N) is 1. The second-order valence-corrected chi connectivity index (χ2v) is 11.9. The van der Waals surface area contributed by atoms with Crippen LogP contribution in [0.25, 0.3) is 11.0 Å². The van der Waals surface area contributed by atoms with Gasteiger partial charge in [-0.05, 0) is 61.6 Å². The molecule has 1 aliphatic rings. The van der Waals surface area contributed by atoms with Crippen molar-refractivity contribution in [1.29, 1.82) is 0 Å². The molecule has 2 N–H and O–H groups in total. The summed E-state index contributed by atoms with van der Waals surface area (Å²) >= 11 is 0. The predicted octanol–water partition coefficient (Wildman–Crippen LogP) is 4.21. The van der Waals surface area contributed by atoms with E-state index < -0.39 is 34.1 Å². The highest BCUT2D eigenvalue weighted by Gasteiger charge is 2.43. The number of aromatic nitrogens is 2. The number of carbonyl (C=O) groups excluding carboxylic acids is 1. The predicted molar refractivity (Wildman–Crippen MR) is 139 cm³/mol. The number of amides is 1. The van der Waals surface area contributed by atoms with Gasteiger partial charge in [-0.15, -0.1) is 0 Å². The fourth-order valence-corrected chi connectivity index (χ4v) is 5.75. The molecule has 2 aromatic carbocycles. The Bertz CT molecular complexity index is 1410. The van der Waals surface area contributed by atoms with Crippen LogP contribution < -0.4 is 5.32 Å². The summed E-state index contributed by atoms with van der Waals surface area (Å²) in [6, 6.07) is 10.4. The summed E-state index contributed by atoms with van der Waals surface area (Å²) in [5.74, 6) is 0.168. The van der Waals surface area contributed by atoms with Crippen molar-refractivity contribution >= 4 is 26.8 Å². The van der Waals surface area contributed by atoms with E-state index in [1.165, 1.54) is 12.1 Å². The highest BCUT2D eigenvalue weighted by atomic mass is 32.2. The Kier molecular flexibility index (Phi) is 8.67. The Balaban J connectivity index is 1.48.